The molecular weight excluding hydrogens is 961 g/mol. The Labute approximate surface area is 482 Å². The van der Waals surface area contributed by atoms with Crippen molar-refractivity contribution >= 4 is 17.9 Å². The van der Waals surface area contributed by atoms with Gasteiger partial charge in [0.1, 0.15) is 13.2 Å². The van der Waals surface area contributed by atoms with E-state index in [1.165, 1.54) is 122 Å². The fourth-order valence-corrected chi connectivity index (χ4v) is 8.87. The van der Waals surface area contributed by atoms with Crippen LogP contribution in [-0.4, -0.2) is 37.2 Å². The number of esters is 3. The highest BCUT2D eigenvalue weighted by Gasteiger charge is 2.19. The molecule has 0 aromatic carbocycles. The average Bonchev–Trinajstić information content (AvgIpc) is 3.44. The Hall–Kier alpha value is -4.19. The van der Waals surface area contributed by atoms with E-state index >= 15 is 0 Å². The third-order valence-electron chi connectivity index (χ3n) is 13.7. The Morgan fingerprint density at radius 1 is 0.269 bits per heavy atom. The van der Waals surface area contributed by atoms with Crippen molar-refractivity contribution < 1.29 is 28.6 Å². The third-order valence-corrected chi connectivity index (χ3v) is 13.7. The summed E-state index contributed by atoms with van der Waals surface area (Å²) in [5.41, 5.74) is 0. The second kappa shape index (κ2) is 65.3. The van der Waals surface area contributed by atoms with Crippen molar-refractivity contribution in [2.24, 2.45) is 0 Å². The Kier molecular flexibility index (Phi) is 61.8. The van der Waals surface area contributed by atoms with Crippen LogP contribution in [0.2, 0.25) is 0 Å². The van der Waals surface area contributed by atoms with E-state index in [2.05, 4.69) is 142 Å². The fraction of sp³-hybridized carbons (Fsp3) is 0.681. The minimum absolute atomic E-state index is 0.0899. The van der Waals surface area contributed by atoms with E-state index in [0.717, 1.165) is 135 Å². The SMILES string of the molecule is CC/C=C\C/C=C\C/C=C\C/C=C\CCCCCCCCCCC(=O)OCC(COC(=O)CCCCCCCCC/C=C\C/C=C\CCCCCC)OC(=O)CCCCCCCCCC/C=C\C/C=C\C/C=C\C/C=C\CC. The van der Waals surface area contributed by atoms with Crippen molar-refractivity contribution in [3.63, 3.8) is 0 Å². The summed E-state index contributed by atoms with van der Waals surface area (Å²) in [5, 5.41) is 0. The van der Waals surface area contributed by atoms with Crippen LogP contribution in [0.1, 0.15) is 297 Å². The Balaban J connectivity index is 4.44. The van der Waals surface area contributed by atoms with Crippen LogP contribution in [0.5, 0.6) is 0 Å². The van der Waals surface area contributed by atoms with E-state index in [-0.39, 0.29) is 31.1 Å². The van der Waals surface area contributed by atoms with E-state index in [4.69, 9.17) is 14.2 Å². The lowest BCUT2D eigenvalue weighted by atomic mass is 10.1. The molecule has 0 radical (unpaired) electrons. The van der Waals surface area contributed by atoms with E-state index in [0.29, 0.717) is 19.3 Å². The van der Waals surface area contributed by atoms with Crippen molar-refractivity contribution in [2.75, 3.05) is 13.2 Å². The summed E-state index contributed by atoms with van der Waals surface area (Å²) in [5.74, 6) is -0.906. The molecule has 0 heterocycles. The van der Waals surface area contributed by atoms with Crippen LogP contribution in [0.3, 0.4) is 0 Å². The van der Waals surface area contributed by atoms with Gasteiger partial charge in [0, 0.05) is 19.3 Å². The Morgan fingerprint density at radius 3 is 0.782 bits per heavy atom. The van der Waals surface area contributed by atoms with Crippen LogP contribution < -0.4 is 0 Å². The largest absolute Gasteiger partial charge is 0.462 e. The molecule has 0 aromatic heterocycles. The molecule has 0 spiro atoms. The Morgan fingerprint density at radius 2 is 0.500 bits per heavy atom. The van der Waals surface area contributed by atoms with Gasteiger partial charge in [0.25, 0.3) is 0 Å². The number of unbranched alkanes of at least 4 members (excludes halogenated alkanes) is 27. The number of allylic oxidation sites excluding steroid dienone is 20. The lowest BCUT2D eigenvalue weighted by Gasteiger charge is -2.18. The molecule has 1 atom stereocenters. The summed E-state index contributed by atoms with van der Waals surface area (Å²) < 4.78 is 16.9. The average molecular weight is 1080 g/mol. The molecule has 1 unspecified atom stereocenters. The van der Waals surface area contributed by atoms with Crippen LogP contribution in [-0.2, 0) is 28.6 Å². The Bertz CT molecular complexity index is 1620. The van der Waals surface area contributed by atoms with Crippen LogP contribution in [0, 0.1) is 0 Å². The first-order valence-electron chi connectivity index (χ1n) is 32.5. The maximum Gasteiger partial charge on any atom is 0.306 e. The van der Waals surface area contributed by atoms with Crippen LogP contribution in [0.15, 0.2) is 122 Å². The molecule has 444 valence electrons. The second-order valence-corrected chi connectivity index (χ2v) is 21.3. The molecule has 0 amide bonds. The van der Waals surface area contributed by atoms with Gasteiger partial charge in [-0.05, 0) is 128 Å². The minimum Gasteiger partial charge on any atom is -0.462 e. The zero-order valence-electron chi connectivity index (χ0n) is 50.9. The molecule has 78 heavy (non-hydrogen) atoms. The van der Waals surface area contributed by atoms with Gasteiger partial charge in [0.05, 0.1) is 0 Å². The highest BCUT2D eigenvalue weighted by atomic mass is 16.6. The fourth-order valence-electron chi connectivity index (χ4n) is 8.87. The van der Waals surface area contributed by atoms with Crippen molar-refractivity contribution in [1.29, 1.82) is 0 Å². The van der Waals surface area contributed by atoms with Crippen LogP contribution in [0.4, 0.5) is 0 Å². The summed E-state index contributed by atoms with van der Waals surface area (Å²) in [6.45, 7) is 6.40. The predicted octanol–water partition coefficient (Wildman–Crippen LogP) is 22.4. The molecular formula is C72H120O6. The molecule has 0 aliphatic rings. The quantitative estimate of drug-likeness (QED) is 0.0261. The maximum atomic E-state index is 12.9. The molecule has 0 fully saturated rings. The summed E-state index contributed by atoms with van der Waals surface area (Å²) in [6.07, 6.45) is 90.5. The third kappa shape index (κ3) is 62.7. The van der Waals surface area contributed by atoms with Gasteiger partial charge in [-0.25, -0.2) is 0 Å². The van der Waals surface area contributed by atoms with Gasteiger partial charge >= 0.3 is 17.9 Å². The number of carbonyl (C=O) groups is 3. The molecule has 0 saturated heterocycles. The molecule has 0 bridgehead atoms. The first kappa shape index (κ1) is 73.8. The van der Waals surface area contributed by atoms with Crippen LogP contribution >= 0.6 is 0 Å². The van der Waals surface area contributed by atoms with Gasteiger partial charge in [0.2, 0.25) is 0 Å². The van der Waals surface area contributed by atoms with Gasteiger partial charge < -0.3 is 14.2 Å². The van der Waals surface area contributed by atoms with Gasteiger partial charge in [-0.2, -0.15) is 0 Å². The van der Waals surface area contributed by atoms with Crippen LogP contribution in [0.25, 0.3) is 0 Å². The van der Waals surface area contributed by atoms with Crippen molar-refractivity contribution in [1.82, 2.24) is 0 Å². The van der Waals surface area contributed by atoms with E-state index in [1.807, 2.05) is 0 Å². The predicted molar refractivity (Wildman–Crippen MR) is 339 cm³/mol. The molecule has 0 rings (SSSR count). The molecule has 0 N–H and O–H groups in total. The number of hydrogen-bond donors (Lipinski definition) is 0. The molecule has 0 aliphatic heterocycles. The first-order chi connectivity index (χ1) is 38.5. The van der Waals surface area contributed by atoms with Gasteiger partial charge in [-0.15, -0.1) is 0 Å². The summed E-state index contributed by atoms with van der Waals surface area (Å²) in [7, 11) is 0. The zero-order valence-corrected chi connectivity index (χ0v) is 50.9. The van der Waals surface area contributed by atoms with E-state index in [9.17, 15) is 14.4 Å². The van der Waals surface area contributed by atoms with Gasteiger partial charge in [-0.1, -0.05) is 271 Å². The number of carbonyl (C=O) groups excluding carboxylic acids is 3. The van der Waals surface area contributed by atoms with Crippen molar-refractivity contribution in [3.8, 4) is 0 Å². The molecule has 0 aliphatic carbocycles. The normalized spacial score (nSPS) is 12.9. The number of ether oxygens (including phenoxy) is 3. The monoisotopic (exact) mass is 1080 g/mol. The lowest BCUT2D eigenvalue weighted by molar-refractivity contribution is -0.167. The lowest BCUT2D eigenvalue weighted by Crippen LogP contribution is -2.30. The van der Waals surface area contributed by atoms with Gasteiger partial charge in [0.15, 0.2) is 6.10 Å². The summed E-state index contributed by atoms with van der Waals surface area (Å²) in [4.78, 5) is 38.4. The second-order valence-electron chi connectivity index (χ2n) is 21.3. The maximum absolute atomic E-state index is 12.9. The summed E-state index contributed by atoms with van der Waals surface area (Å²) in [6, 6.07) is 0. The first-order valence-corrected chi connectivity index (χ1v) is 32.5. The minimum atomic E-state index is -0.795. The smallest absolute Gasteiger partial charge is 0.306 e. The molecule has 6 heteroatoms. The standard InChI is InChI=1S/C72H120O6/c1-4-7-10-13-16-19-22-25-28-31-34-36-38-41-44-47-50-53-56-59-62-65-71(74)77-68-69(67-76-70(73)64-61-58-55-52-49-46-43-40-33-30-27-24-21-18-15-12-9-6-3)78-72(75)66-63-60-57-54-51-48-45-42-39-37-35-32-29-26-23-20-17-14-11-8-5-2/h7-8,10-11,16-17,19-21,24-26,28-30,33-37,69H,4-6,9,12-15,18,22-23,27,31-32,38-68H2,1-3H3/b10-7-,11-8-,19-16-,20-17-,24-21-,28-25-,29-26-,33-30-,36-34-,37-35-. The number of hydrogen-bond acceptors (Lipinski definition) is 6. The molecule has 6 nitrogen and oxygen atoms in total. The highest BCUT2D eigenvalue weighted by Crippen LogP contribution is 2.15. The highest BCUT2D eigenvalue weighted by molar-refractivity contribution is 5.71. The van der Waals surface area contributed by atoms with E-state index in [1.54, 1.807) is 0 Å². The van der Waals surface area contributed by atoms with E-state index < -0.39 is 6.10 Å². The topological polar surface area (TPSA) is 78.9 Å². The molecule has 0 aromatic rings. The van der Waals surface area contributed by atoms with Gasteiger partial charge in [-0.3, -0.25) is 14.4 Å². The number of rotatable bonds is 58. The van der Waals surface area contributed by atoms with Crippen molar-refractivity contribution in [3.05, 3.63) is 122 Å². The zero-order chi connectivity index (χ0) is 56.4. The van der Waals surface area contributed by atoms with Crippen molar-refractivity contribution in [2.45, 2.75) is 303 Å². The summed E-state index contributed by atoms with van der Waals surface area (Å²) >= 11 is 0. The molecule has 0 saturated carbocycles.